The number of nitrogens with one attached hydrogen (secondary N) is 1. The summed E-state index contributed by atoms with van der Waals surface area (Å²) in [4.78, 5) is 33.3. The van der Waals surface area contributed by atoms with E-state index < -0.39 is 5.97 Å². The molecule has 0 fully saturated rings. The lowest BCUT2D eigenvalue weighted by Gasteiger charge is -2.08. The van der Waals surface area contributed by atoms with E-state index in [1.54, 1.807) is 24.3 Å². The van der Waals surface area contributed by atoms with Crippen LogP contribution in [0, 0.1) is 0 Å². The number of benzene rings is 2. The molecule has 0 amide bonds. The summed E-state index contributed by atoms with van der Waals surface area (Å²) in [6, 6.07) is 14.1. The van der Waals surface area contributed by atoms with E-state index in [0.29, 0.717) is 39.4 Å². The van der Waals surface area contributed by atoms with Gasteiger partial charge in [-0.25, -0.2) is 14.5 Å². The third kappa shape index (κ3) is 4.04. The maximum atomic E-state index is 12.4. The molecule has 0 aliphatic carbocycles. The van der Waals surface area contributed by atoms with E-state index in [2.05, 4.69) is 22.0 Å². The third-order valence-corrected chi connectivity index (χ3v) is 5.75. The molecule has 0 saturated heterocycles. The van der Waals surface area contributed by atoms with E-state index >= 15 is 0 Å². The lowest BCUT2D eigenvalue weighted by atomic mass is 10.2. The molecule has 0 atom stereocenters. The van der Waals surface area contributed by atoms with Gasteiger partial charge in [-0.3, -0.25) is 14.7 Å². The minimum atomic E-state index is -0.426. The summed E-state index contributed by atoms with van der Waals surface area (Å²) in [6.07, 6.45) is 0.911. The number of hydrogen-bond acceptors (Lipinski definition) is 8. The zero-order valence-electron chi connectivity index (χ0n) is 17.0. The van der Waals surface area contributed by atoms with Crippen molar-refractivity contribution in [3.8, 4) is 28.6 Å². The van der Waals surface area contributed by atoms with Crippen molar-refractivity contribution in [2.75, 3.05) is 12.5 Å². The van der Waals surface area contributed by atoms with Crippen molar-refractivity contribution in [3.63, 3.8) is 0 Å². The zero-order chi connectivity index (χ0) is 22.1. The fourth-order valence-corrected chi connectivity index (χ4v) is 3.95. The fourth-order valence-electron chi connectivity index (χ4n) is 3.22. The Hall–Kier alpha value is -3.79. The number of carbonyl (C=O) groups excluding carboxylic acids is 1. The number of rotatable bonds is 6. The molecule has 9 nitrogen and oxygen atoms in total. The average molecular weight is 450 g/mol. The van der Waals surface area contributed by atoms with Crippen molar-refractivity contribution in [3.05, 3.63) is 64.4 Å². The Morgan fingerprint density at radius 1 is 1.12 bits per heavy atom. The summed E-state index contributed by atoms with van der Waals surface area (Å²) in [6.45, 7) is 2.22. The Kier molecular flexibility index (Phi) is 5.28. The predicted octanol–water partition coefficient (Wildman–Crippen LogP) is 3.07. The van der Waals surface area contributed by atoms with Crippen molar-refractivity contribution >= 4 is 23.4 Å². The second kappa shape index (κ2) is 8.39. The summed E-state index contributed by atoms with van der Waals surface area (Å²) in [7, 11) is 0. The van der Waals surface area contributed by atoms with Gasteiger partial charge < -0.3 is 14.2 Å². The van der Waals surface area contributed by atoms with Gasteiger partial charge in [-0.15, -0.1) is 0 Å². The summed E-state index contributed by atoms with van der Waals surface area (Å²) < 4.78 is 17.6. The molecule has 32 heavy (non-hydrogen) atoms. The topological polar surface area (TPSA) is 108 Å². The number of hydrogen-bond donors (Lipinski definition) is 1. The van der Waals surface area contributed by atoms with E-state index in [-0.39, 0.29) is 18.1 Å². The van der Waals surface area contributed by atoms with Crippen LogP contribution in [0.15, 0.2) is 58.5 Å². The fraction of sp³-hybridized carbons (Fsp3) is 0.182. The number of aryl methyl sites for hydroxylation is 1. The quantitative estimate of drug-likeness (QED) is 0.271. The highest BCUT2D eigenvalue weighted by Gasteiger charge is 2.18. The number of aromatic nitrogens is 4. The number of fused-ring (bicyclic) bond motifs is 2. The number of esters is 1. The highest BCUT2D eigenvalue weighted by Crippen LogP contribution is 2.35. The summed E-state index contributed by atoms with van der Waals surface area (Å²) in [5.41, 5.74) is 1.94. The van der Waals surface area contributed by atoms with E-state index in [1.165, 1.54) is 10.6 Å². The zero-order valence-corrected chi connectivity index (χ0v) is 17.8. The van der Waals surface area contributed by atoms with Crippen molar-refractivity contribution in [2.45, 2.75) is 18.5 Å². The lowest BCUT2D eigenvalue weighted by molar-refractivity contribution is -0.131. The van der Waals surface area contributed by atoms with Gasteiger partial charge in [-0.05, 0) is 42.3 Å². The molecule has 4 aromatic rings. The number of thioether (sulfide) groups is 1. The highest BCUT2D eigenvalue weighted by molar-refractivity contribution is 7.99. The van der Waals surface area contributed by atoms with Gasteiger partial charge in [-0.1, -0.05) is 30.8 Å². The predicted molar refractivity (Wildman–Crippen MR) is 117 cm³/mol. The molecule has 2 aromatic heterocycles. The van der Waals surface area contributed by atoms with E-state index in [4.69, 9.17) is 14.2 Å². The van der Waals surface area contributed by atoms with Crippen molar-refractivity contribution < 1.29 is 19.0 Å². The Labute approximate surface area is 186 Å². The monoisotopic (exact) mass is 450 g/mol. The summed E-state index contributed by atoms with van der Waals surface area (Å²) in [5, 5.41) is 3.06. The van der Waals surface area contributed by atoms with E-state index in [9.17, 15) is 9.59 Å². The normalized spacial score (nSPS) is 12.3. The van der Waals surface area contributed by atoms with Crippen LogP contribution in [-0.4, -0.2) is 38.1 Å². The van der Waals surface area contributed by atoms with Gasteiger partial charge in [-0.2, -0.15) is 0 Å². The molecule has 1 aliphatic rings. The molecule has 162 valence electrons. The molecule has 3 heterocycles. The van der Waals surface area contributed by atoms with Gasteiger partial charge in [0.25, 0.3) is 5.56 Å². The highest BCUT2D eigenvalue weighted by atomic mass is 32.2. The molecular formula is C22H18N4O5S. The SMILES string of the molecule is CCc1ccc(OC(=O)CSc2nc(-c3ccc4c(c3)OCO4)nc3cc(=O)[nH]n23)cc1. The Morgan fingerprint density at radius 3 is 2.75 bits per heavy atom. The summed E-state index contributed by atoms with van der Waals surface area (Å²) in [5.74, 6) is 1.71. The van der Waals surface area contributed by atoms with Crippen LogP contribution in [0.5, 0.6) is 17.2 Å². The van der Waals surface area contributed by atoms with Crippen LogP contribution in [0.4, 0.5) is 0 Å². The molecule has 1 aliphatic heterocycles. The molecule has 0 bridgehead atoms. The van der Waals surface area contributed by atoms with Gasteiger partial charge in [0.1, 0.15) is 5.75 Å². The first-order valence-electron chi connectivity index (χ1n) is 9.91. The molecule has 1 N–H and O–H groups in total. The van der Waals surface area contributed by atoms with Crippen LogP contribution in [0.2, 0.25) is 0 Å². The number of aromatic amines is 1. The molecule has 0 radical (unpaired) electrons. The van der Waals surface area contributed by atoms with Crippen molar-refractivity contribution in [1.82, 2.24) is 19.6 Å². The second-order valence-electron chi connectivity index (χ2n) is 6.97. The second-order valence-corrected chi connectivity index (χ2v) is 7.91. The molecule has 5 rings (SSSR count). The molecular weight excluding hydrogens is 432 g/mol. The van der Waals surface area contributed by atoms with Crippen molar-refractivity contribution in [1.29, 1.82) is 0 Å². The lowest BCUT2D eigenvalue weighted by Crippen LogP contribution is -2.12. The van der Waals surface area contributed by atoms with Gasteiger partial charge in [0.15, 0.2) is 28.1 Å². The minimum Gasteiger partial charge on any atom is -0.454 e. The molecule has 2 aromatic carbocycles. The van der Waals surface area contributed by atoms with Crippen LogP contribution in [-0.2, 0) is 11.2 Å². The first-order chi connectivity index (χ1) is 15.6. The van der Waals surface area contributed by atoms with Gasteiger partial charge >= 0.3 is 5.97 Å². The van der Waals surface area contributed by atoms with Crippen LogP contribution in [0.3, 0.4) is 0 Å². The van der Waals surface area contributed by atoms with Gasteiger partial charge in [0.2, 0.25) is 6.79 Å². The number of H-pyrrole nitrogens is 1. The van der Waals surface area contributed by atoms with Crippen LogP contribution in [0.1, 0.15) is 12.5 Å². The van der Waals surface area contributed by atoms with Crippen LogP contribution < -0.4 is 19.8 Å². The molecule has 0 spiro atoms. The van der Waals surface area contributed by atoms with Crippen LogP contribution >= 0.6 is 11.8 Å². The maximum absolute atomic E-state index is 12.4. The third-order valence-electron chi connectivity index (χ3n) is 4.84. The Bertz CT molecular complexity index is 1360. The van der Waals surface area contributed by atoms with Gasteiger partial charge in [0, 0.05) is 11.6 Å². The first kappa shape index (κ1) is 20.1. The summed E-state index contributed by atoms with van der Waals surface area (Å²) >= 11 is 1.14. The smallest absolute Gasteiger partial charge is 0.321 e. The van der Waals surface area contributed by atoms with E-state index in [1.807, 2.05) is 18.2 Å². The van der Waals surface area contributed by atoms with Crippen molar-refractivity contribution in [2.24, 2.45) is 0 Å². The maximum Gasteiger partial charge on any atom is 0.321 e. The average Bonchev–Trinajstić information content (AvgIpc) is 3.42. The largest absolute Gasteiger partial charge is 0.454 e. The minimum absolute atomic E-state index is 0.00241. The molecule has 0 saturated carbocycles. The standard InChI is InChI=1S/C22H18N4O5S/c1-2-13-3-6-15(7-4-13)31-20(28)11-32-22-24-21(23-18-10-19(27)25-26(18)22)14-5-8-16-17(9-14)30-12-29-16/h3-10H,2,11-12H2,1H3,(H,25,27). The number of ether oxygens (including phenoxy) is 3. The Balaban J connectivity index is 1.39. The molecule has 0 unspecified atom stereocenters. The van der Waals surface area contributed by atoms with Gasteiger partial charge in [0.05, 0.1) is 5.75 Å². The number of nitrogens with zero attached hydrogens (tertiary/aromatic N) is 3. The molecule has 10 heteroatoms. The first-order valence-corrected chi connectivity index (χ1v) is 10.9. The number of carbonyl (C=O) groups is 1. The Morgan fingerprint density at radius 2 is 1.94 bits per heavy atom. The van der Waals surface area contributed by atoms with Crippen LogP contribution in [0.25, 0.3) is 17.0 Å². The van der Waals surface area contributed by atoms with E-state index in [0.717, 1.165) is 23.7 Å².